The van der Waals surface area contributed by atoms with Crippen LogP contribution in [0.3, 0.4) is 0 Å². The number of nitrogens with zero attached hydrogens (tertiary/aromatic N) is 3. The summed E-state index contributed by atoms with van der Waals surface area (Å²) in [5.41, 5.74) is 1.25. The number of imide groups is 1. The predicted octanol–water partition coefficient (Wildman–Crippen LogP) is 2.30. The van der Waals surface area contributed by atoms with Crippen LogP contribution in [0.4, 0.5) is 0 Å². The molecule has 1 aliphatic rings. The normalized spacial score (nSPS) is 13.0. The highest BCUT2D eigenvalue weighted by atomic mass is 35.5. The summed E-state index contributed by atoms with van der Waals surface area (Å²) in [5.74, 6) is -0.960. The lowest BCUT2D eigenvalue weighted by Gasteiger charge is -2.12. The molecule has 0 saturated carbocycles. The Morgan fingerprint density at radius 2 is 1.79 bits per heavy atom. The fraction of sp³-hybridized carbons (Fsp3) is 0.105. The second kappa shape index (κ2) is 7.24. The topological polar surface area (TPSA) is 105 Å². The van der Waals surface area contributed by atoms with E-state index in [9.17, 15) is 14.4 Å². The second-order valence-corrected chi connectivity index (χ2v) is 6.48. The zero-order chi connectivity index (χ0) is 19.7. The van der Waals surface area contributed by atoms with Gasteiger partial charge in [0.05, 0.1) is 17.7 Å². The molecule has 0 radical (unpaired) electrons. The van der Waals surface area contributed by atoms with Crippen LogP contribution < -0.4 is 5.32 Å². The number of aromatic nitrogens is 2. The van der Waals surface area contributed by atoms with E-state index in [2.05, 4.69) is 15.5 Å². The summed E-state index contributed by atoms with van der Waals surface area (Å²) >= 11 is 5.94. The monoisotopic (exact) mass is 396 g/mol. The Balaban J connectivity index is 1.37. The molecule has 0 fully saturated rings. The average molecular weight is 397 g/mol. The molecule has 28 heavy (non-hydrogen) atoms. The van der Waals surface area contributed by atoms with Crippen molar-refractivity contribution in [3.05, 3.63) is 70.5 Å². The van der Waals surface area contributed by atoms with E-state index in [1.54, 1.807) is 48.5 Å². The van der Waals surface area contributed by atoms with Crippen LogP contribution in [-0.4, -0.2) is 39.3 Å². The van der Waals surface area contributed by atoms with Crippen LogP contribution in [0.2, 0.25) is 5.02 Å². The number of benzene rings is 2. The molecule has 0 unspecified atom stereocenters. The highest BCUT2D eigenvalue weighted by Crippen LogP contribution is 2.22. The molecule has 0 atom stereocenters. The van der Waals surface area contributed by atoms with Gasteiger partial charge in [0.25, 0.3) is 17.7 Å². The van der Waals surface area contributed by atoms with Crippen molar-refractivity contribution < 1.29 is 18.9 Å². The Bertz CT molecular complexity index is 1060. The van der Waals surface area contributed by atoms with Crippen LogP contribution in [-0.2, 0) is 11.3 Å². The largest absolute Gasteiger partial charge is 0.347 e. The minimum Gasteiger partial charge on any atom is -0.347 e. The van der Waals surface area contributed by atoms with Gasteiger partial charge in [-0.25, -0.2) is 0 Å². The maximum Gasteiger partial charge on any atom is 0.262 e. The third-order valence-electron chi connectivity index (χ3n) is 4.16. The first kappa shape index (κ1) is 17.9. The Kier molecular flexibility index (Phi) is 4.62. The molecule has 0 saturated heterocycles. The molecule has 140 valence electrons. The van der Waals surface area contributed by atoms with E-state index < -0.39 is 17.7 Å². The fourth-order valence-corrected chi connectivity index (χ4v) is 3.01. The fourth-order valence-electron chi connectivity index (χ4n) is 2.82. The van der Waals surface area contributed by atoms with E-state index in [1.165, 1.54) is 0 Å². The van der Waals surface area contributed by atoms with E-state index in [1.807, 2.05) is 0 Å². The lowest BCUT2D eigenvalue weighted by Crippen LogP contribution is -2.40. The van der Waals surface area contributed by atoms with Gasteiger partial charge in [0.2, 0.25) is 5.91 Å². The third kappa shape index (κ3) is 3.37. The zero-order valence-electron chi connectivity index (χ0n) is 14.4. The van der Waals surface area contributed by atoms with Gasteiger partial charge in [0.15, 0.2) is 5.82 Å². The van der Waals surface area contributed by atoms with Gasteiger partial charge in [0, 0.05) is 10.6 Å². The summed E-state index contributed by atoms with van der Waals surface area (Å²) in [4.78, 5) is 41.8. The van der Waals surface area contributed by atoms with Gasteiger partial charge >= 0.3 is 0 Å². The molecule has 0 bridgehead atoms. The molecule has 3 aromatic rings. The molecule has 0 spiro atoms. The van der Waals surface area contributed by atoms with Crippen molar-refractivity contribution >= 4 is 29.3 Å². The number of hydrogen-bond donors (Lipinski definition) is 1. The smallest absolute Gasteiger partial charge is 0.262 e. The standard InChI is InChI=1S/C19H13ClN4O4/c20-12-5-3-4-11(8-12)17-22-15(23-28-17)9-21-16(25)10-24-18(26)13-6-1-2-7-14(13)19(24)27/h1-8H,9-10H2,(H,21,25). The number of rotatable bonds is 5. The summed E-state index contributed by atoms with van der Waals surface area (Å²) in [6.45, 7) is -0.391. The Morgan fingerprint density at radius 1 is 1.07 bits per heavy atom. The minimum atomic E-state index is -0.511. The molecule has 2 aromatic carbocycles. The number of carbonyl (C=O) groups is 3. The number of hydrogen-bond acceptors (Lipinski definition) is 6. The lowest BCUT2D eigenvalue weighted by atomic mass is 10.1. The van der Waals surface area contributed by atoms with Crippen molar-refractivity contribution in [3.63, 3.8) is 0 Å². The molecule has 1 aliphatic heterocycles. The molecule has 9 heteroatoms. The van der Waals surface area contributed by atoms with Crippen molar-refractivity contribution in [1.82, 2.24) is 20.4 Å². The third-order valence-corrected chi connectivity index (χ3v) is 4.40. The van der Waals surface area contributed by atoms with Gasteiger partial charge in [-0.1, -0.05) is 35.0 Å². The van der Waals surface area contributed by atoms with Gasteiger partial charge in [0.1, 0.15) is 6.54 Å². The molecular formula is C19H13ClN4O4. The summed E-state index contributed by atoms with van der Waals surface area (Å²) < 4.78 is 5.16. The van der Waals surface area contributed by atoms with Gasteiger partial charge in [-0.05, 0) is 30.3 Å². The highest BCUT2D eigenvalue weighted by molar-refractivity contribution is 6.30. The summed E-state index contributed by atoms with van der Waals surface area (Å²) in [5, 5.41) is 6.90. The number of carbonyl (C=O) groups excluding carboxylic acids is 3. The van der Waals surface area contributed by atoms with E-state index in [4.69, 9.17) is 16.1 Å². The molecule has 0 aliphatic carbocycles. The molecule has 8 nitrogen and oxygen atoms in total. The molecule has 3 amide bonds. The van der Waals surface area contributed by atoms with Crippen LogP contribution in [0.1, 0.15) is 26.5 Å². The number of halogens is 1. The van der Waals surface area contributed by atoms with Gasteiger partial charge in [-0.3, -0.25) is 19.3 Å². The first-order valence-corrected chi connectivity index (χ1v) is 8.71. The summed E-state index contributed by atoms with van der Waals surface area (Å²) in [6, 6.07) is 13.4. The molecular weight excluding hydrogens is 384 g/mol. The number of fused-ring (bicyclic) bond motifs is 1. The van der Waals surface area contributed by atoms with Crippen LogP contribution in [0.15, 0.2) is 53.1 Å². The maximum atomic E-state index is 12.3. The average Bonchev–Trinajstić information content (AvgIpc) is 3.26. The quantitative estimate of drug-likeness (QED) is 0.663. The first-order valence-electron chi connectivity index (χ1n) is 8.33. The van der Waals surface area contributed by atoms with Gasteiger partial charge < -0.3 is 9.84 Å². The number of nitrogens with one attached hydrogen (secondary N) is 1. The van der Waals surface area contributed by atoms with Crippen molar-refractivity contribution in [3.8, 4) is 11.5 Å². The van der Waals surface area contributed by atoms with Gasteiger partial charge in [-0.2, -0.15) is 4.98 Å². The Labute approximate surface area is 164 Å². The highest BCUT2D eigenvalue weighted by Gasteiger charge is 2.36. The van der Waals surface area contributed by atoms with Crippen molar-refractivity contribution in [2.24, 2.45) is 0 Å². The van der Waals surface area contributed by atoms with Crippen molar-refractivity contribution in [2.75, 3.05) is 6.54 Å². The summed E-state index contributed by atoms with van der Waals surface area (Å²) in [7, 11) is 0. The lowest BCUT2D eigenvalue weighted by molar-refractivity contribution is -0.121. The van der Waals surface area contributed by atoms with Crippen LogP contribution in [0.25, 0.3) is 11.5 Å². The van der Waals surface area contributed by atoms with E-state index >= 15 is 0 Å². The Hall–Kier alpha value is -3.52. The van der Waals surface area contributed by atoms with Crippen LogP contribution in [0.5, 0.6) is 0 Å². The number of amides is 3. The minimum absolute atomic E-state index is 0.00787. The van der Waals surface area contributed by atoms with Gasteiger partial charge in [-0.15, -0.1) is 0 Å². The van der Waals surface area contributed by atoms with Crippen LogP contribution in [0, 0.1) is 0 Å². The zero-order valence-corrected chi connectivity index (χ0v) is 15.1. The molecule has 4 rings (SSSR count). The summed E-state index contributed by atoms with van der Waals surface area (Å²) in [6.07, 6.45) is 0. The van der Waals surface area contributed by atoms with E-state index in [0.29, 0.717) is 21.7 Å². The first-order chi connectivity index (χ1) is 13.5. The molecule has 1 aromatic heterocycles. The van der Waals surface area contributed by atoms with E-state index in [0.717, 1.165) is 4.90 Å². The molecule has 1 N–H and O–H groups in total. The van der Waals surface area contributed by atoms with E-state index in [-0.39, 0.29) is 24.8 Å². The molecule has 2 heterocycles. The van der Waals surface area contributed by atoms with Crippen LogP contribution >= 0.6 is 11.6 Å². The van der Waals surface area contributed by atoms with Crippen molar-refractivity contribution in [1.29, 1.82) is 0 Å². The maximum absolute atomic E-state index is 12.3. The second-order valence-electron chi connectivity index (χ2n) is 6.04. The SMILES string of the molecule is O=C(CN1C(=O)c2ccccc2C1=O)NCc1noc(-c2cccc(Cl)c2)n1. The van der Waals surface area contributed by atoms with Crippen molar-refractivity contribution in [2.45, 2.75) is 6.54 Å². The predicted molar refractivity (Wildman–Crippen MR) is 98.4 cm³/mol. The Morgan fingerprint density at radius 3 is 2.46 bits per heavy atom.